The molecule has 0 radical (unpaired) electrons. The minimum Gasteiger partial charge on any atom is -0.355 e. The Bertz CT molecular complexity index is 501. The van der Waals surface area contributed by atoms with Crippen LogP contribution in [0, 0.1) is 5.92 Å². The lowest BCUT2D eigenvalue weighted by atomic mass is 9.99. The van der Waals surface area contributed by atoms with Gasteiger partial charge in [0.1, 0.15) is 0 Å². The number of likely N-dealkylation sites (tertiary alicyclic amines) is 1. The maximum Gasteiger partial charge on any atom is 0.233 e. The number of thioether (sulfide) groups is 1. The zero-order valence-corrected chi connectivity index (χ0v) is 16.3. The summed E-state index contributed by atoms with van der Waals surface area (Å²) < 4.78 is 0. The Morgan fingerprint density at radius 1 is 1.33 bits per heavy atom. The van der Waals surface area contributed by atoms with Gasteiger partial charge in [-0.3, -0.25) is 4.79 Å². The van der Waals surface area contributed by atoms with E-state index in [0.29, 0.717) is 0 Å². The van der Waals surface area contributed by atoms with Crippen LogP contribution in [0.25, 0.3) is 0 Å². The number of nitrogens with one attached hydrogen (secondary N) is 1. The van der Waals surface area contributed by atoms with Crippen molar-refractivity contribution in [2.75, 3.05) is 26.2 Å². The van der Waals surface area contributed by atoms with Gasteiger partial charge in [-0.15, -0.1) is 11.8 Å². The van der Waals surface area contributed by atoms with Gasteiger partial charge in [0.2, 0.25) is 5.91 Å². The van der Waals surface area contributed by atoms with Gasteiger partial charge in [-0.1, -0.05) is 25.4 Å². The summed E-state index contributed by atoms with van der Waals surface area (Å²) >= 11 is 7.52. The van der Waals surface area contributed by atoms with Crippen molar-refractivity contribution in [3.63, 3.8) is 0 Å². The highest BCUT2D eigenvalue weighted by atomic mass is 35.5. The quantitative estimate of drug-likeness (QED) is 0.543. The van der Waals surface area contributed by atoms with Crippen LogP contribution in [0.2, 0.25) is 5.02 Å². The van der Waals surface area contributed by atoms with E-state index in [1.807, 2.05) is 24.3 Å². The van der Waals surface area contributed by atoms with Crippen LogP contribution in [-0.2, 0) is 4.79 Å². The average Bonchev–Trinajstić information content (AvgIpc) is 2.59. The van der Waals surface area contributed by atoms with Gasteiger partial charge in [0.25, 0.3) is 0 Å². The number of nitrogens with zero attached hydrogens (tertiary/aromatic N) is 1. The summed E-state index contributed by atoms with van der Waals surface area (Å²) in [5, 5.41) is 3.79. The third kappa shape index (κ3) is 6.66. The van der Waals surface area contributed by atoms with Gasteiger partial charge >= 0.3 is 0 Å². The molecule has 1 aromatic rings. The van der Waals surface area contributed by atoms with Gasteiger partial charge in [-0.05, 0) is 75.5 Å². The second-order valence-electron chi connectivity index (χ2n) is 6.64. The minimum atomic E-state index is -0.0398. The first-order valence-electron chi connectivity index (χ1n) is 9.00. The van der Waals surface area contributed by atoms with Crippen molar-refractivity contribution in [1.82, 2.24) is 10.2 Å². The molecule has 1 aliphatic rings. The summed E-state index contributed by atoms with van der Waals surface area (Å²) in [5.74, 6) is 1.01. The number of rotatable bonds is 8. The van der Waals surface area contributed by atoms with Crippen LogP contribution >= 0.6 is 23.4 Å². The molecule has 24 heavy (non-hydrogen) atoms. The van der Waals surface area contributed by atoms with Gasteiger partial charge in [-0.2, -0.15) is 0 Å². The fourth-order valence-corrected chi connectivity index (χ4v) is 4.02. The van der Waals surface area contributed by atoms with Gasteiger partial charge in [0.15, 0.2) is 0 Å². The molecule has 3 nitrogen and oxygen atoms in total. The molecule has 134 valence electrons. The summed E-state index contributed by atoms with van der Waals surface area (Å²) in [6, 6.07) is 7.68. The van der Waals surface area contributed by atoms with E-state index in [-0.39, 0.29) is 11.2 Å². The molecule has 1 heterocycles. The van der Waals surface area contributed by atoms with Crippen LogP contribution in [0.15, 0.2) is 29.2 Å². The van der Waals surface area contributed by atoms with E-state index in [0.717, 1.165) is 41.8 Å². The molecule has 1 aromatic carbocycles. The topological polar surface area (TPSA) is 32.3 Å². The molecule has 2 rings (SSSR count). The normalized spacial score (nSPS) is 17.6. The van der Waals surface area contributed by atoms with Crippen LogP contribution in [0.5, 0.6) is 0 Å². The summed E-state index contributed by atoms with van der Waals surface area (Å²) in [6.07, 6.45) is 4.47. The molecule has 5 heteroatoms. The lowest BCUT2D eigenvalue weighted by Crippen LogP contribution is -2.37. The van der Waals surface area contributed by atoms with Gasteiger partial charge in [0, 0.05) is 16.5 Å². The first kappa shape index (κ1) is 19.6. The molecule has 1 saturated heterocycles. The Kier molecular flexibility index (Phi) is 8.43. The van der Waals surface area contributed by atoms with Crippen molar-refractivity contribution in [1.29, 1.82) is 0 Å². The molecule has 1 amide bonds. The maximum atomic E-state index is 12.4. The number of hydrogen-bond acceptors (Lipinski definition) is 3. The zero-order valence-electron chi connectivity index (χ0n) is 14.8. The van der Waals surface area contributed by atoms with Crippen molar-refractivity contribution < 1.29 is 4.79 Å². The van der Waals surface area contributed by atoms with Crippen LogP contribution in [0.4, 0.5) is 0 Å². The van der Waals surface area contributed by atoms with Crippen molar-refractivity contribution >= 4 is 29.3 Å². The number of hydrogen-bond donors (Lipinski definition) is 1. The van der Waals surface area contributed by atoms with Crippen molar-refractivity contribution in [2.45, 2.75) is 49.7 Å². The van der Waals surface area contributed by atoms with E-state index < -0.39 is 0 Å². The van der Waals surface area contributed by atoms with Crippen LogP contribution < -0.4 is 5.32 Å². The summed E-state index contributed by atoms with van der Waals surface area (Å²) in [7, 11) is 0. The van der Waals surface area contributed by atoms with Crippen molar-refractivity contribution in [3.05, 3.63) is 29.3 Å². The van der Waals surface area contributed by atoms with E-state index in [1.165, 1.54) is 25.9 Å². The highest BCUT2D eigenvalue weighted by molar-refractivity contribution is 8.00. The minimum absolute atomic E-state index is 0.0398. The maximum absolute atomic E-state index is 12.4. The Hall–Kier alpha value is -0.710. The molecule has 1 fully saturated rings. The van der Waals surface area contributed by atoms with Crippen molar-refractivity contribution in [3.8, 4) is 0 Å². The first-order valence-corrected chi connectivity index (χ1v) is 10.3. The van der Waals surface area contributed by atoms with E-state index in [2.05, 4.69) is 24.1 Å². The average molecular weight is 369 g/mol. The third-order valence-electron chi connectivity index (χ3n) is 4.58. The third-order valence-corrected chi connectivity index (χ3v) is 6.21. The van der Waals surface area contributed by atoms with Gasteiger partial charge in [-0.25, -0.2) is 0 Å². The van der Waals surface area contributed by atoms with E-state index in [9.17, 15) is 4.79 Å². The van der Waals surface area contributed by atoms with Crippen LogP contribution in [-0.4, -0.2) is 42.2 Å². The summed E-state index contributed by atoms with van der Waals surface area (Å²) in [6.45, 7) is 8.66. The Labute approximate surface area is 155 Å². The molecule has 0 bridgehead atoms. The molecule has 0 aliphatic carbocycles. The fourth-order valence-electron chi connectivity index (χ4n) is 2.91. The molecule has 0 saturated carbocycles. The largest absolute Gasteiger partial charge is 0.355 e. The highest BCUT2D eigenvalue weighted by Gasteiger charge is 2.18. The summed E-state index contributed by atoms with van der Waals surface area (Å²) in [5.41, 5.74) is 0. The Morgan fingerprint density at radius 2 is 2.00 bits per heavy atom. The van der Waals surface area contributed by atoms with Gasteiger partial charge in [0.05, 0.1) is 5.25 Å². The molecule has 1 atom stereocenters. The first-order chi connectivity index (χ1) is 11.6. The lowest BCUT2D eigenvalue weighted by Gasteiger charge is -2.30. The molecule has 0 unspecified atom stereocenters. The predicted octanol–water partition coefficient (Wildman–Crippen LogP) is 4.45. The van der Waals surface area contributed by atoms with Gasteiger partial charge < -0.3 is 10.2 Å². The van der Waals surface area contributed by atoms with E-state index in [4.69, 9.17) is 11.6 Å². The number of carbonyl (C=O) groups is 1. The number of carbonyl (C=O) groups excluding carboxylic acids is 1. The van der Waals surface area contributed by atoms with E-state index in [1.54, 1.807) is 11.8 Å². The standard InChI is InChI=1S/C19H29ClN2OS/c1-3-18(24-17-7-5-16(20)6-8-17)19(23)21-11-4-12-22-13-9-15(2)10-14-22/h5-8,15,18H,3-4,9-14H2,1-2H3,(H,21,23)/t18-/m0/s1. The predicted molar refractivity (Wildman–Crippen MR) is 104 cm³/mol. The molecule has 0 spiro atoms. The lowest BCUT2D eigenvalue weighted by molar-refractivity contribution is -0.120. The number of amides is 1. The fraction of sp³-hybridized carbons (Fsp3) is 0.632. The monoisotopic (exact) mass is 368 g/mol. The second kappa shape index (κ2) is 10.3. The molecule has 0 aromatic heterocycles. The number of benzene rings is 1. The Morgan fingerprint density at radius 3 is 2.62 bits per heavy atom. The molecule has 1 aliphatic heterocycles. The van der Waals surface area contributed by atoms with Crippen LogP contribution in [0.1, 0.15) is 39.5 Å². The SMILES string of the molecule is CC[C@H](Sc1ccc(Cl)cc1)C(=O)NCCCN1CCC(C)CC1. The molecular formula is C19H29ClN2OS. The van der Waals surface area contributed by atoms with Crippen LogP contribution in [0.3, 0.4) is 0 Å². The Balaban J connectivity index is 1.67. The summed E-state index contributed by atoms with van der Waals surface area (Å²) in [4.78, 5) is 16.0. The van der Waals surface area contributed by atoms with E-state index >= 15 is 0 Å². The number of halogens is 1. The molecule has 1 N–H and O–H groups in total. The zero-order chi connectivity index (χ0) is 17.4. The second-order valence-corrected chi connectivity index (χ2v) is 8.35. The van der Waals surface area contributed by atoms with Crippen molar-refractivity contribution in [2.24, 2.45) is 5.92 Å². The molecular weight excluding hydrogens is 340 g/mol. The smallest absolute Gasteiger partial charge is 0.233 e. The highest BCUT2D eigenvalue weighted by Crippen LogP contribution is 2.26. The number of piperidine rings is 1.